The third-order valence-electron chi connectivity index (χ3n) is 5.40. The summed E-state index contributed by atoms with van der Waals surface area (Å²) in [6.07, 6.45) is 2.32. The van der Waals surface area contributed by atoms with Crippen LogP contribution in [-0.2, 0) is 25.6 Å². The molecule has 0 aliphatic heterocycles. The van der Waals surface area contributed by atoms with Crippen LogP contribution in [0.3, 0.4) is 0 Å². The van der Waals surface area contributed by atoms with Gasteiger partial charge in [-0.2, -0.15) is 25.3 Å². The van der Waals surface area contributed by atoms with Crippen LogP contribution < -0.4 is 21.7 Å². The van der Waals surface area contributed by atoms with Crippen molar-refractivity contribution in [3.05, 3.63) is 36.0 Å². The summed E-state index contributed by atoms with van der Waals surface area (Å²) in [6, 6.07) is 3.50. The molecule has 35 heavy (non-hydrogen) atoms. The van der Waals surface area contributed by atoms with Crippen molar-refractivity contribution >= 4 is 59.9 Å². The van der Waals surface area contributed by atoms with Gasteiger partial charge in [-0.15, -0.1) is 0 Å². The maximum Gasteiger partial charge on any atom is 0.327 e. The zero-order valence-corrected chi connectivity index (χ0v) is 21.4. The number of rotatable bonds is 13. The Labute approximate surface area is 215 Å². The normalized spacial score (nSPS) is 14.7. The molecule has 1 aromatic carbocycles. The van der Waals surface area contributed by atoms with Crippen molar-refractivity contribution in [2.45, 2.75) is 50.9 Å². The lowest BCUT2D eigenvalue weighted by molar-refractivity contribution is -0.141. The molecule has 4 unspecified atom stereocenters. The molecule has 7 N–H and O–H groups in total. The van der Waals surface area contributed by atoms with Gasteiger partial charge in [-0.25, -0.2) is 4.79 Å². The molecular weight excluding hydrogens is 490 g/mol. The number of carbonyl (C=O) groups excluding carboxylic acids is 3. The van der Waals surface area contributed by atoms with E-state index in [0.29, 0.717) is 0 Å². The van der Waals surface area contributed by atoms with Gasteiger partial charge in [-0.1, -0.05) is 32.0 Å². The van der Waals surface area contributed by atoms with Gasteiger partial charge in [0.2, 0.25) is 17.7 Å². The number of para-hydroxylation sites is 1. The SMILES string of the molecule is CC(C)CC(NC(=O)C(CS)NC(=O)C(N)Cc1c[nH]c2ccccc12)C(=O)NC(CS)C(=O)O. The van der Waals surface area contributed by atoms with E-state index in [2.05, 4.69) is 46.2 Å². The maximum atomic E-state index is 12.9. The van der Waals surface area contributed by atoms with Crippen LogP contribution in [0.4, 0.5) is 0 Å². The van der Waals surface area contributed by atoms with Gasteiger partial charge in [0, 0.05) is 28.6 Å². The lowest BCUT2D eigenvalue weighted by Gasteiger charge is -2.25. The molecule has 0 bridgehead atoms. The zero-order valence-electron chi connectivity index (χ0n) is 19.7. The van der Waals surface area contributed by atoms with Gasteiger partial charge < -0.3 is 31.8 Å². The minimum absolute atomic E-state index is 0.0260. The number of carboxylic acid groups (broad SMARTS) is 1. The summed E-state index contributed by atoms with van der Waals surface area (Å²) in [5.74, 6) is -3.13. The summed E-state index contributed by atoms with van der Waals surface area (Å²) in [6.45, 7) is 3.72. The molecule has 4 atom stereocenters. The molecule has 0 spiro atoms. The molecule has 0 saturated heterocycles. The Kier molecular flexibility index (Phi) is 10.9. The van der Waals surface area contributed by atoms with Crippen molar-refractivity contribution < 1.29 is 24.3 Å². The molecule has 0 aliphatic rings. The number of hydrogen-bond acceptors (Lipinski definition) is 7. The summed E-state index contributed by atoms with van der Waals surface area (Å²) >= 11 is 8.11. The van der Waals surface area contributed by atoms with E-state index in [1.807, 2.05) is 38.1 Å². The molecule has 0 fully saturated rings. The van der Waals surface area contributed by atoms with Crippen molar-refractivity contribution in [2.24, 2.45) is 11.7 Å². The molecule has 1 heterocycles. The highest BCUT2D eigenvalue weighted by atomic mass is 32.1. The Bertz CT molecular complexity index is 1040. The van der Waals surface area contributed by atoms with Crippen LogP contribution in [0.1, 0.15) is 25.8 Å². The van der Waals surface area contributed by atoms with E-state index in [4.69, 9.17) is 5.73 Å². The van der Waals surface area contributed by atoms with Crippen molar-refractivity contribution in [3.8, 4) is 0 Å². The van der Waals surface area contributed by atoms with Gasteiger partial charge in [0.05, 0.1) is 6.04 Å². The number of thiol groups is 2. The number of benzene rings is 1. The van der Waals surface area contributed by atoms with E-state index in [9.17, 15) is 24.3 Å². The van der Waals surface area contributed by atoms with Crippen molar-refractivity contribution in [2.75, 3.05) is 11.5 Å². The lowest BCUT2D eigenvalue weighted by Crippen LogP contribution is -2.58. The van der Waals surface area contributed by atoms with Gasteiger partial charge >= 0.3 is 5.97 Å². The molecule has 2 rings (SSSR count). The average molecular weight is 524 g/mol. The van der Waals surface area contributed by atoms with Gasteiger partial charge in [-0.3, -0.25) is 14.4 Å². The van der Waals surface area contributed by atoms with Crippen LogP contribution in [0, 0.1) is 5.92 Å². The predicted octanol–water partition coefficient (Wildman–Crippen LogP) is 0.482. The minimum atomic E-state index is -1.23. The largest absolute Gasteiger partial charge is 0.480 e. The monoisotopic (exact) mass is 523 g/mol. The second-order valence-corrected chi connectivity index (χ2v) is 9.42. The first kappa shape index (κ1) is 28.5. The van der Waals surface area contributed by atoms with Crippen molar-refractivity contribution in [3.63, 3.8) is 0 Å². The highest BCUT2D eigenvalue weighted by Gasteiger charge is 2.30. The number of aliphatic carboxylic acids is 1. The van der Waals surface area contributed by atoms with E-state index in [1.54, 1.807) is 6.20 Å². The summed E-state index contributed by atoms with van der Waals surface area (Å²) in [5, 5.41) is 17.7. The van der Waals surface area contributed by atoms with Crippen LogP contribution in [0.2, 0.25) is 0 Å². The number of carbonyl (C=O) groups is 4. The second-order valence-electron chi connectivity index (χ2n) is 8.69. The first-order valence-electron chi connectivity index (χ1n) is 11.2. The van der Waals surface area contributed by atoms with E-state index >= 15 is 0 Å². The number of carboxylic acids is 1. The Morgan fingerprint density at radius 2 is 1.51 bits per heavy atom. The fourth-order valence-electron chi connectivity index (χ4n) is 3.54. The zero-order chi connectivity index (χ0) is 26.1. The third kappa shape index (κ3) is 8.18. The fourth-order valence-corrected chi connectivity index (χ4v) is 4.04. The van der Waals surface area contributed by atoms with Gasteiger partial charge in [0.25, 0.3) is 0 Å². The summed E-state index contributed by atoms with van der Waals surface area (Å²) in [7, 11) is 0. The smallest absolute Gasteiger partial charge is 0.327 e. The van der Waals surface area contributed by atoms with Gasteiger partial charge in [0.15, 0.2) is 0 Å². The van der Waals surface area contributed by atoms with Crippen LogP contribution in [0.5, 0.6) is 0 Å². The van der Waals surface area contributed by atoms with Crippen molar-refractivity contribution in [1.29, 1.82) is 0 Å². The van der Waals surface area contributed by atoms with E-state index in [-0.39, 0.29) is 30.3 Å². The fraction of sp³-hybridized carbons (Fsp3) is 0.478. The Morgan fingerprint density at radius 3 is 2.11 bits per heavy atom. The third-order valence-corrected chi connectivity index (χ3v) is 6.13. The van der Waals surface area contributed by atoms with E-state index < -0.39 is 47.9 Å². The number of amides is 3. The highest BCUT2D eigenvalue weighted by Crippen LogP contribution is 2.18. The molecule has 2 aromatic rings. The number of nitrogens with one attached hydrogen (secondary N) is 4. The molecule has 0 radical (unpaired) electrons. The van der Waals surface area contributed by atoms with E-state index in [1.165, 1.54) is 0 Å². The topological polar surface area (TPSA) is 166 Å². The number of fused-ring (bicyclic) bond motifs is 1. The number of aromatic amines is 1. The predicted molar refractivity (Wildman–Crippen MR) is 141 cm³/mol. The van der Waals surface area contributed by atoms with Crippen LogP contribution >= 0.6 is 25.3 Å². The first-order valence-corrected chi connectivity index (χ1v) is 12.5. The number of nitrogens with two attached hydrogens (primary N) is 1. The molecular formula is C23H33N5O5S2. The summed E-state index contributed by atoms with van der Waals surface area (Å²) in [4.78, 5) is 52.6. The standard InChI is InChI=1S/C23H33N5O5S2/c1-12(2)7-17(21(30)28-19(11-35)23(32)33)26-22(31)18(10-34)27-20(29)15(24)8-13-9-25-16-6-4-3-5-14(13)16/h3-6,9,12,15,17-19,25,34-35H,7-8,10-11,24H2,1-2H3,(H,26,31)(H,27,29)(H,28,30)(H,32,33). The van der Waals surface area contributed by atoms with Gasteiger partial charge in [0.1, 0.15) is 18.1 Å². The number of H-pyrrole nitrogens is 1. The Hall–Kier alpha value is -2.70. The molecule has 1 aromatic heterocycles. The Balaban J connectivity index is 2.03. The molecule has 0 saturated carbocycles. The summed E-state index contributed by atoms with van der Waals surface area (Å²) in [5.41, 5.74) is 7.91. The van der Waals surface area contributed by atoms with Crippen LogP contribution in [0.25, 0.3) is 10.9 Å². The van der Waals surface area contributed by atoms with Crippen LogP contribution in [0.15, 0.2) is 30.5 Å². The quantitative estimate of drug-likeness (QED) is 0.178. The lowest BCUT2D eigenvalue weighted by atomic mass is 10.0. The molecule has 192 valence electrons. The van der Waals surface area contributed by atoms with Crippen molar-refractivity contribution in [1.82, 2.24) is 20.9 Å². The maximum absolute atomic E-state index is 12.9. The van der Waals surface area contributed by atoms with Gasteiger partial charge in [-0.05, 0) is 30.4 Å². The Morgan fingerprint density at radius 1 is 0.943 bits per heavy atom. The molecule has 0 aliphatic carbocycles. The van der Waals surface area contributed by atoms with Crippen LogP contribution in [-0.4, -0.2) is 69.5 Å². The molecule has 12 heteroatoms. The first-order chi connectivity index (χ1) is 16.6. The number of aromatic nitrogens is 1. The second kappa shape index (κ2) is 13.4. The minimum Gasteiger partial charge on any atom is -0.480 e. The molecule has 10 nitrogen and oxygen atoms in total. The highest BCUT2D eigenvalue weighted by molar-refractivity contribution is 7.80. The summed E-state index contributed by atoms with van der Waals surface area (Å²) < 4.78 is 0. The average Bonchev–Trinajstić information content (AvgIpc) is 3.22. The molecule has 3 amide bonds. The number of hydrogen-bond donors (Lipinski definition) is 8. The van der Waals surface area contributed by atoms with E-state index in [0.717, 1.165) is 16.5 Å².